The summed E-state index contributed by atoms with van der Waals surface area (Å²) in [5.41, 5.74) is 4.25. The summed E-state index contributed by atoms with van der Waals surface area (Å²) in [6.07, 6.45) is 3.19. The number of amides is 1. The summed E-state index contributed by atoms with van der Waals surface area (Å²) in [6, 6.07) is 10.6. The van der Waals surface area contributed by atoms with Gasteiger partial charge in [0, 0.05) is 23.7 Å². The summed E-state index contributed by atoms with van der Waals surface area (Å²) < 4.78 is 5.41. The molecule has 0 unspecified atom stereocenters. The minimum Gasteiger partial charge on any atom is -0.423 e. The van der Waals surface area contributed by atoms with Gasteiger partial charge in [0.05, 0.1) is 16.6 Å². The van der Waals surface area contributed by atoms with E-state index in [0.717, 1.165) is 30.2 Å². The third-order valence-corrected chi connectivity index (χ3v) is 5.84. The minimum atomic E-state index is -0.376. The Bertz CT molecular complexity index is 1160. The molecule has 0 atom stereocenters. The zero-order chi connectivity index (χ0) is 20.5. The molecule has 29 heavy (non-hydrogen) atoms. The second kappa shape index (κ2) is 8.19. The number of nitrogens with one attached hydrogen (secondary N) is 1. The van der Waals surface area contributed by atoms with Crippen LogP contribution in [-0.4, -0.2) is 24.4 Å². The van der Waals surface area contributed by atoms with E-state index in [9.17, 15) is 9.59 Å². The highest BCUT2D eigenvalue weighted by molar-refractivity contribution is 6.42. The number of carbonyl (C=O) groups excluding carboxylic acids is 1. The lowest BCUT2D eigenvalue weighted by molar-refractivity contribution is -0.117. The van der Waals surface area contributed by atoms with Crippen molar-refractivity contribution >= 4 is 45.8 Å². The molecule has 1 aliphatic rings. The van der Waals surface area contributed by atoms with Crippen LogP contribution in [0.5, 0.6) is 0 Å². The van der Waals surface area contributed by atoms with Crippen molar-refractivity contribution in [2.75, 3.05) is 18.9 Å². The second-order valence-corrected chi connectivity index (χ2v) is 8.23. The van der Waals surface area contributed by atoms with E-state index in [2.05, 4.69) is 11.4 Å². The fourth-order valence-corrected chi connectivity index (χ4v) is 4.09. The lowest BCUT2D eigenvalue weighted by Gasteiger charge is -2.17. The van der Waals surface area contributed by atoms with Crippen molar-refractivity contribution in [2.45, 2.75) is 25.8 Å². The largest absolute Gasteiger partial charge is 0.423 e. The highest BCUT2D eigenvalue weighted by Crippen LogP contribution is 2.29. The summed E-state index contributed by atoms with van der Waals surface area (Å²) in [7, 11) is 1.84. The number of rotatable bonds is 5. The van der Waals surface area contributed by atoms with Crippen LogP contribution in [0.25, 0.3) is 11.0 Å². The molecule has 0 aliphatic heterocycles. The first kappa shape index (κ1) is 20.0. The molecule has 2 aromatic carbocycles. The first-order valence-corrected chi connectivity index (χ1v) is 10.2. The Hall–Kier alpha value is -2.34. The summed E-state index contributed by atoms with van der Waals surface area (Å²) in [5, 5.41) is 4.55. The number of hydrogen-bond donors (Lipinski definition) is 1. The minimum absolute atomic E-state index is 0.160. The number of aryl methyl sites for hydroxylation is 2. The van der Waals surface area contributed by atoms with E-state index in [1.54, 1.807) is 18.2 Å². The number of nitrogens with zero attached hydrogens (tertiary/aromatic N) is 1. The van der Waals surface area contributed by atoms with E-state index in [1.165, 1.54) is 17.2 Å². The number of fused-ring (bicyclic) bond motifs is 2. The molecule has 0 fully saturated rings. The monoisotopic (exact) mass is 430 g/mol. The maximum absolute atomic E-state index is 12.4. The molecule has 1 N–H and O–H groups in total. The smallest absolute Gasteiger partial charge is 0.336 e. The van der Waals surface area contributed by atoms with Gasteiger partial charge in [-0.05, 0) is 73.3 Å². The molecule has 1 amide bonds. The molecule has 150 valence electrons. The quantitative estimate of drug-likeness (QED) is 0.597. The Morgan fingerprint density at radius 2 is 1.86 bits per heavy atom. The van der Waals surface area contributed by atoms with Crippen LogP contribution in [0, 0.1) is 0 Å². The van der Waals surface area contributed by atoms with Crippen molar-refractivity contribution in [3.63, 3.8) is 0 Å². The maximum Gasteiger partial charge on any atom is 0.336 e. The first-order chi connectivity index (χ1) is 13.9. The van der Waals surface area contributed by atoms with Gasteiger partial charge in [-0.3, -0.25) is 9.69 Å². The summed E-state index contributed by atoms with van der Waals surface area (Å²) in [6.45, 7) is 0.614. The van der Waals surface area contributed by atoms with Gasteiger partial charge in [-0.2, -0.15) is 0 Å². The van der Waals surface area contributed by atoms with Gasteiger partial charge in [-0.1, -0.05) is 23.2 Å². The van der Waals surface area contributed by atoms with Gasteiger partial charge in [0.1, 0.15) is 5.58 Å². The molecular formula is C22H20Cl2N2O3. The second-order valence-electron chi connectivity index (χ2n) is 7.41. The van der Waals surface area contributed by atoms with Gasteiger partial charge in [0.25, 0.3) is 0 Å². The van der Waals surface area contributed by atoms with Crippen LogP contribution in [0.2, 0.25) is 10.0 Å². The summed E-state index contributed by atoms with van der Waals surface area (Å²) >= 11 is 11.9. The van der Waals surface area contributed by atoms with Gasteiger partial charge in [-0.25, -0.2) is 4.79 Å². The van der Waals surface area contributed by atoms with Crippen molar-refractivity contribution in [1.82, 2.24) is 4.90 Å². The molecule has 4 rings (SSSR count). The van der Waals surface area contributed by atoms with Gasteiger partial charge < -0.3 is 9.73 Å². The van der Waals surface area contributed by atoms with E-state index in [1.807, 2.05) is 18.0 Å². The van der Waals surface area contributed by atoms with Crippen molar-refractivity contribution < 1.29 is 9.21 Å². The lowest BCUT2D eigenvalue weighted by atomic mass is 10.0. The van der Waals surface area contributed by atoms with Crippen LogP contribution < -0.4 is 10.9 Å². The third kappa shape index (κ3) is 4.47. The van der Waals surface area contributed by atoms with E-state index in [4.69, 9.17) is 27.6 Å². The number of hydrogen-bond acceptors (Lipinski definition) is 4. The van der Waals surface area contributed by atoms with Crippen molar-refractivity contribution in [3.05, 3.63) is 73.6 Å². The highest BCUT2D eigenvalue weighted by atomic mass is 35.5. The van der Waals surface area contributed by atoms with Crippen LogP contribution in [0.4, 0.5) is 5.69 Å². The van der Waals surface area contributed by atoms with Crippen molar-refractivity contribution in [2.24, 2.45) is 0 Å². The topological polar surface area (TPSA) is 62.6 Å². The average molecular weight is 431 g/mol. The van der Waals surface area contributed by atoms with Gasteiger partial charge in [0.2, 0.25) is 5.91 Å². The van der Waals surface area contributed by atoms with Crippen molar-refractivity contribution in [3.8, 4) is 0 Å². The maximum atomic E-state index is 12.4. The number of anilines is 1. The molecule has 1 aliphatic carbocycles. The number of benzene rings is 2. The van der Waals surface area contributed by atoms with Gasteiger partial charge in [-0.15, -0.1) is 0 Å². The molecule has 0 radical (unpaired) electrons. The Morgan fingerprint density at radius 1 is 1.10 bits per heavy atom. The molecule has 7 heteroatoms. The van der Waals surface area contributed by atoms with Crippen LogP contribution in [0.1, 0.15) is 23.1 Å². The fourth-order valence-electron chi connectivity index (χ4n) is 3.79. The van der Waals surface area contributed by atoms with Crippen LogP contribution in [0.15, 0.2) is 45.6 Å². The molecule has 5 nitrogen and oxygen atoms in total. The Balaban J connectivity index is 1.49. The average Bonchev–Trinajstić information content (AvgIpc) is 3.10. The van der Waals surface area contributed by atoms with Crippen LogP contribution in [-0.2, 0) is 24.2 Å². The molecule has 1 aromatic heterocycles. The molecule has 0 saturated heterocycles. The zero-order valence-electron chi connectivity index (χ0n) is 15.9. The first-order valence-electron chi connectivity index (χ1n) is 9.41. The Labute approximate surface area is 178 Å². The van der Waals surface area contributed by atoms with E-state index < -0.39 is 0 Å². The van der Waals surface area contributed by atoms with E-state index in [0.29, 0.717) is 27.9 Å². The number of likely N-dealkylation sites (N-methyl/N-ethyl adjacent to an activating group) is 1. The molecular weight excluding hydrogens is 411 g/mol. The molecule has 0 spiro atoms. The van der Waals surface area contributed by atoms with Crippen LogP contribution in [0.3, 0.4) is 0 Å². The summed E-state index contributed by atoms with van der Waals surface area (Å²) in [4.78, 5) is 26.3. The zero-order valence-corrected chi connectivity index (χ0v) is 17.4. The SMILES string of the molecule is CN(CC(=O)Nc1ccc(Cl)c(Cl)c1)Cc1cc(=O)oc2cc3c(cc12)CCC3. The van der Waals surface area contributed by atoms with Crippen molar-refractivity contribution in [1.29, 1.82) is 0 Å². The molecule has 1 heterocycles. The van der Waals surface area contributed by atoms with E-state index in [-0.39, 0.29) is 18.1 Å². The molecule has 0 bridgehead atoms. The van der Waals surface area contributed by atoms with Gasteiger partial charge >= 0.3 is 5.63 Å². The molecule has 3 aromatic rings. The van der Waals surface area contributed by atoms with E-state index >= 15 is 0 Å². The normalized spacial score (nSPS) is 13.1. The summed E-state index contributed by atoms with van der Waals surface area (Å²) in [5.74, 6) is -0.181. The Kier molecular flexibility index (Phi) is 5.63. The molecule has 0 saturated carbocycles. The third-order valence-electron chi connectivity index (χ3n) is 5.10. The van der Waals surface area contributed by atoms with Gasteiger partial charge in [0.15, 0.2) is 0 Å². The van der Waals surface area contributed by atoms with Crippen LogP contribution >= 0.6 is 23.2 Å². The predicted molar refractivity (Wildman–Crippen MR) is 116 cm³/mol. The lowest BCUT2D eigenvalue weighted by Crippen LogP contribution is -2.30. The Morgan fingerprint density at radius 3 is 2.62 bits per heavy atom. The predicted octanol–water partition coefficient (Wildman–Crippen LogP) is 4.66. The number of halogens is 2. The highest BCUT2D eigenvalue weighted by Gasteiger charge is 2.16. The standard InChI is InChI=1S/C22H20Cl2N2O3/c1-26(12-21(27)25-16-5-6-18(23)19(24)10-16)11-15-9-22(28)29-20-8-14-4-2-3-13(14)7-17(15)20/h5-10H,2-4,11-12H2,1H3,(H,25,27). The number of carbonyl (C=O) groups is 1. The fraction of sp³-hybridized carbons (Fsp3) is 0.273.